The molecular formula is C19H24F3N3O2. The molecule has 1 aromatic rings. The first-order valence-corrected chi connectivity index (χ1v) is 9.49. The molecule has 27 heavy (non-hydrogen) atoms. The van der Waals surface area contributed by atoms with Gasteiger partial charge in [-0.25, -0.2) is 0 Å². The molecule has 2 atom stereocenters. The second kappa shape index (κ2) is 7.31. The van der Waals surface area contributed by atoms with Crippen LogP contribution in [0.15, 0.2) is 18.2 Å². The van der Waals surface area contributed by atoms with Crippen molar-refractivity contribution in [2.45, 2.75) is 31.5 Å². The Morgan fingerprint density at radius 1 is 1.22 bits per heavy atom. The number of benzene rings is 1. The number of hydrogen-bond donors (Lipinski definition) is 1. The number of likely N-dealkylation sites (tertiary alicyclic amines) is 1. The number of halogens is 3. The van der Waals surface area contributed by atoms with Crippen LogP contribution in [0.25, 0.3) is 0 Å². The Balaban J connectivity index is 1.50. The van der Waals surface area contributed by atoms with Crippen LogP contribution in [0.1, 0.15) is 24.8 Å². The van der Waals surface area contributed by atoms with Gasteiger partial charge in [-0.3, -0.25) is 9.69 Å². The Bertz CT molecular complexity index is 704. The van der Waals surface area contributed by atoms with Gasteiger partial charge >= 0.3 is 6.18 Å². The topological polar surface area (TPSA) is 44.8 Å². The number of hydrogen-bond acceptors (Lipinski definition) is 4. The number of nitrogens with one attached hydrogen (secondary N) is 1. The van der Waals surface area contributed by atoms with Gasteiger partial charge in [0.05, 0.1) is 36.7 Å². The zero-order valence-electron chi connectivity index (χ0n) is 15.1. The molecule has 0 radical (unpaired) electrons. The van der Waals surface area contributed by atoms with Crippen LogP contribution in [0.3, 0.4) is 0 Å². The number of fused-ring (bicyclic) bond motifs is 1. The summed E-state index contributed by atoms with van der Waals surface area (Å²) in [6.45, 7) is 3.36. The maximum atomic E-state index is 13.1. The summed E-state index contributed by atoms with van der Waals surface area (Å²) in [6, 6.07) is 4.02. The fourth-order valence-corrected chi connectivity index (χ4v) is 4.46. The van der Waals surface area contributed by atoms with E-state index in [0.29, 0.717) is 44.0 Å². The van der Waals surface area contributed by atoms with Crippen molar-refractivity contribution in [3.8, 4) is 0 Å². The predicted molar refractivity (Wildman–Crippen MR) is 95.8 cm³/mol. The van der Waals surface area contributed by atoms with Crippen molar-refractivity contribution in [1.82, 2.24) is 4.90 Å². The highest BCUT2D eigenvalue weighted by Crippen LogP contribution is 2.39. The Labute approximate surface area is 156 Å². The van der Waals surface area contributed by atoms with Gasteiger partial charge in [0.1, 0.15) is 0 Å². The molecule has 2 aliphatic heterocycles. The van der Waals surface area contributed by atoms with E-state index in [1.54, 1.807) is 0 Å². The van der Waals surface area contributed by atoms with Crippen LogP contribution in [0.4, 0.5) is 24.5 Å². The van der Waals surface area contributed by atoms with Gasteiger partial charge in [0.25, 0.3) is 0 Å². The number of rotatable bonds is 4. The zero-order valence-corrected chi connectivity index (χ0v) is 15.1. The number of carbonyl (C=O) groups excluding carboxylic acids is 1. The Morgan fingerprint density at radius 3 is 2.70 bits per heavy atom. The quantitative estimate of drug-likeness (QED) is 0.868. The monoisotopic (exact) mass is 383 g/mol. The van der Waals surface area contributed by atoms with Gasteiger partial charge < -0.3 is 15.0 Å². The fourth-order valence-electron chi connectivity index (χ4n) is 4.46. The van der Waals surface area contributed by atoms with E-state index >= 15 is 0 Å². The average molecular weight is 383 g/mol. The van der Waals surface area contributed by atoms with E-state index in [4.69, 9.17) is 4.74 Å². The molecule has 2 saturated heterocycles. The SMILES string of the molecule is O=C(CN1C[C@H]2CCC[C@H]21)Nc1cc(C(F)(F)F)ccc1N1CCOCC1. The largest absolute Gasteiger partial charge is 0.416 e. The zero-order chi connectivity index (χ0) is 19.0. The van der Waals surface area contributed by atoms with Gasteiger partial charge in [-0.2, -0.15) is 13.2 Å². The number of alkyl halides is 3. The van der Waals surface area contributed by atoms with Crippen LogP contribution >= 0.6 is 0 Å². The molecule has 3 fully saturated rings. The minimum atomic E-state index is -4.45. The third-order valence-corrected chi connectivity index (χ3v) is 5.85. The first-order chi connectivity index (χ1) is 12.9. The Morgan fingerprint density at radius 2 is 2.00 bits per heavy atom. The van der Waals surface area contributed by atoms with Crippen LogP contribution < -0.4 is 10.2 Å². The molecule has 0 bridgehead atoms. The molecule has 2 heterocycles. The number of nitrogens with zero attached hydrogens (tertiary/aromatic N) is 2. The molecule has 5 nitrogen and oxygen atoms in total. The molecule has 1 saturated carbocycles. The minimum absolute atomic E-state index is 0.222. The first kappa shape index (κ1) is 18.6. The van der Waals surface area contributed by atoms with Crippen molar-refractivity contribution < 1.29 is 22.7 Å². The summed E-state index contributed by atoms with van der Waals surface area (Å²) in [7, 11) is 0. The van der Waals surface area contributed by atoms with Crippen molar-refractivity contribution in [2.75, 3.05) is 49.6 Å². The lowest BCUT2D eigenvalue weighted by Crippen LogP contribution is -2.55. The number of carbonyl (C=O) groups is 1. The Kier molecular flexibility index (Phi) is 5.03. The van der Waals surface area contributed by atoms with E-state index in [-0.39, 0.29) is 18.1 Å². The molecule has 1 N–H and O–H groups in total. The molecule has 3 aliphatic rings. The Hall–Kier alpha value is -1.80. The normalized spacial score (nSPS) is 25.8. The van der Waals surface area contributed by atoms with Crippen molar-refractivity contribution in [2.24, 2.45) is 5.92 Å². The molecular weight excluding hydrogens is 359 g/mol. The lowest BCUT2D eigenvalue weighted by Gasteiger charge is -2.44. The number of anilines is 2. The highest BCUT2D eigenvalue weighted by Gasteiger charge is 2.42. The van der Waals surface area contributed by atoms with Crippen molar-refractivity contribution in [1.29, 1.82) is 0 Å². The second-order valence-electron chi connectivity index (χ2n) is 7.57. The third-order valence-electron chi connectivity index (χ3n) is 5.85. The summed E-state index contributed by atoms with van der Waals surface area (Å²) in [4.78, 5) is 16.6. The lowest BCUT2D eigenvalue weighted by atomic mass is 9.92. The standard InChI is InChI=1S/C19H24F3N3O2/c20-19(21,22)14-4-5-17(24-6-8-27-9-7-24)15(10-14)23-18(26)12-25-11-13-2-1-3-16(13)25/h4-5,10,13,16H,1-3,6-9,11-12H2,(H,23,26)/t13-,16-/m1/s1. The van der Waals surface area contributed by atoms with Crippen LogP contribution in [-0.4, -0.2) is 56.2 Å². The maximum Gasteiger partial charge on any atom is 0.416 e. The minimum Gasteiger partial charge on any atom is -0.378 e. The fraction of sp³-hybridized carbons (Fsp3) is 0.632. The van der Waals surface area contributed by atoms with Crippen LogP contribution in [0, 0.1) is 5.92 Å². The smallest absolute Gasteiger partial charge is 0.378 e. The number of amides is 1. The molecule has 148 valence electrons. The van der Waals surface area contributed by atoms with Gasteiger partial charge in [-0.05, 0) is 37.0 Å². The van der Waals surface area contributed by atoms with Crippen molar-refractivity contribution >= 4 is 17.3 Å². The van der Waals surface area contributed by atoms with Crippen LogP contribution in [0.2, 0.25) is 0 Å². The predicted octanol–water partition coefficient (Wildman–Crippen LogP) is 2.96. The van der Waals surface area contributed by atoms with Gasteiger partial charge in [0.15, 0.2) is 0 Å². The summed E-state index contributed by atoms with van der Waals surface area (Å²) >= 11 is 0. The van der Waals surface area contributed by atoms with Crippen molar-refractivity contribution in [3.63, 3.8) is 0 Å². The molecule has 4 rings (SSSR count). The highest BCUT2D eigenvalue weighted by atomic mass is 19.4. The second-order valence-corrected chi connectivity index (χ2v) is 7.57. The summed E-state index contributed by atoms with van der Waals surface area (Å²) in [5.41, 5.74) is 0.0804. The van der Waals surface area contributed by atoms with E-state index < -0.39 is 11.7 Å². The summed E-state index contributed by atoms with van der Waals surface area (Å²) < 4.78 is 44.8. The van der Waals surface area contributed by atoms with E-state index in [0.717, 1.165) is 25.1 Å². The molecule has 0 spiro atoms. The van der Waals surface area contributed by atoms with Gasteiger partial charge in [0, 0.05) is 25.7 Å². The van der Waals surface area contributed by atoms with Gasteiger partial charge in [0.2, 0.25) is 5.91 Å². The molecule has 0 aromatic heterocycles. The number of morpholine rings is 1. The molecule has 1 amide bonds. The van der Waals surface area contributed by atoms with E-state index in [9.17, 15) is 18.0 Å². The van der Waals surface area contributed by atoms with Gasteiger partial charge in [-0.15, -0.1) is 0 Å². The van der Waals surface area contributed by atoms with Crippen LogP contribution in [-0.2, 0) is 15.7 Å². The van der Waals surface area contributed by atoms with E-state index in [1.165, 1.54) is 18.9 Å². The summed E-state index contributed by atoms with van der Waals surface area (Å²) in [5, 5.41) is 2.74. The molecule has 8 heteroatoms. The lowest BCUT2D eigenvalue weighted by molar-refractivity contribution is -0.137. The summed E-state index contributed by atoms with van der Waals surface area (Å²) in [6.07, 6.45) is -0.919. The maximum absolute atomic E-state index is 13.1. The van der Waals surface area contributed by atoms with Crippen molar-refractivity contribution in [3.05, 3.63) is 23.8 Å². The molecule has 0 unspecified atom stereocenters. The third kappa shape index (κ3) is 3.91. The summed E-state index contributed by atoms with van der Waals surface area (Å²) in [5.74, 6) is 0.435. The first-order valence-electron chi connectivity index (χ1n) is 9.49. The highest BCUT2D eigenvalue weighted by molar-refractivity contribution is 5.96. The van der Waals surface area contributed by atoms with Gasteiger partial charge in [-0.1, -0.05) is 6.42 Å². The van der Waals surface area contributed by atoms with E-state index in [2.05, 4.69) is 10.2 Å². The van der Waals surface area contributed by atoms with Crippen LogP contribution in [0.5, 0.6) is 0 Å². The molecule has 1 aromatic carbocycles. The molecule has 1 aliphatic carbocycles. The average Bonchev–Trinajstić information content (AvgIpc) is 3.00. The number of ether oxygens (including phenoxy) is 1. The van der Waals surface area contributed by atoms with E-state index in [1.807, 2.05) is 4.90 Å².